The highest BCUT2D eigenvalue weighted by Gasteiger charge is 2.04. The molecule has 0 aromatic rings. The molecule has 0 aromatic carbocycles. The smallest absolute Gasteiger partial charge is 0.310 e. The highest BCUT2D eigenvalue weighted by atomic mass is 16.7. The van der Waals surface area contributed by atoms with Crippen LogP contribution in [0.4, 0.5) is 0 Å². The summed E-state index contributed by atoms with van der Waals surface area (Å²) in [5.41, 5.74) is 0. The SMILES string of the molecule is C=COC(=O)CCCCCCCC(OC)OC. The maximum Gasteiger partial charge on any atom is 0.310 e. The highest BCUT2D eigenvalue weighted by Crippen LogP contribution is 2.10. The monoisotopic (exact) mass is 244 g/mol. The number of carbonyl (C=O) groups excluding carboxylic acids is 1. The fourth-order valence-corrected chi connectivity index (χ4v) is 1.59. The Morgan fingerprint density at radius 3 is 2.29 bits per heavy atom. The number of unbranched alkanes of at least 4 members (excludes halogenated alkanes) is 4. The van der Waals surface area contributed by atoms with Gasteiger partial charge in [0, 0.05) is 20.6 Å². The summed E-state index contributed by atoms with van der Waals surface area (Å²) in [6.45, 7) is 3.34. The number of esters is 1. The Hall–Kier alpha value is -0.870. The zero-order valence-electron chi connectivity index (χ0n) is 10.9. The number of carbonyl (C=O) groups is 1. The van der Waals surface area contributed by atoms with Crippen molar-refractivity contribution in [2.24, 2.45) is 0 Å². The quantitative estimate of drug-likeness (QED) is 0.242. The third-order valence-corrected chi connectivity index (χ3v) is 2.56. The van der Waals surface area contributed by atoms with Crippen molar-refractivity contribution >= 4 is 5.97 Å². The largest absolute Gasteiger partial charge is 0.435 e. The summed E-state index contributed by atoms with van der Waals surface area (Å²) in [4.78, 5) is 11.0. The number of hydrogen-bond acceptors (Lipinski definition) is 4. The van der Waals surface area contributed by atoms with Crippen molar-refractivity contribution in [2.75, 3.05) is 14.2 Å². The Kier molecular flexibility index (Phi) is 11.0. The lowest BCUT2D eigenvalue weighted by atomic mass is 10.1. The molecule has 0 N–H and O–H groups in total. The second-order valence-electron chi connectivity index (χ2n) is 3.86. The van der Waals surface area contributed by atoms with E-state index in [4.69, 9.17) is 9.47 Å². The first-order valence-electron chi connectivity index (χ1n) is 6.10. The standard InChI is InChI=1S/C13H24O4/c1-4-17-12(14)10-8-6-5-7-9-11-13(15-2)16-3/h4,13H,1,5-11H2,2-3H3. The van der Waals surface area contributed by atoms with Crippen molar-refractivity contribution in [3.8, 4) is 0 Å². The Morgan fingerprint density at radius 2 is 1.71 bits per heavy atom. The molecule has 17 heavy (non-hydrogen) atoms. The van der Waals surface area contributed by atoms with Crippen LogP contribution in [-0.4, -0.2) is 26.5 Å². The van der Waals surface area contributed by atoms with Gasteiger partial charge in [0.25, 0.3) is 0 Å². The first-order chi connectivity index (χ1) is 8.24. The summed E-state index contributed by atoms with van der Waals surface area (Å²) in [5, 5.41) is 0. The van der Waals surface area contributed by atoms with Crippen LogP contribution in [0.5, 0.6) is 0 Å². The van der Waals surface area contributed by atoms with Crippen LogP contribution in [0.15, 0.2) is 12.8 Å². The Morgan fingerprint density at radius 1 is 1.12 bits per heavy atom. The van der Waals surface area contributed by atoms with Gasteiger partial charge in [0.15, 0.2) is 6.29 Å². The minimum Gasteiger partial charge on any atom is -0.435 e. The lowest BCUT2D eigenvalue weighted by Gasteiger charge is -2.12. The third kappa shape index (κ3) is 10.0. The Balaban J connectivity index is 3.23. The lowest BCUT2D eigenvalue weighted by molar-refractivity contribution is -0.138. The Labute approximate surface area is 104 Å². The van der Waals surface area contributed by atoms with Gasteiger partial charge in [-0.1, -0.05) is 25.8 Å². The molecule has 0 spiro atoms. The predicted octanol–water partition coefficient (Wildman–Crippen LogP) is 3.02. The summed E-state index contributed by atoms with van der Waals surface area (Å²) >= 11 is 0. The summed E-state index contributed by atoms with van der Waals surface area (Å²) in [6.07, 6.45) is 7.78. The van der Waals surface area contributed by atoms with E-state index in [-0.39, 0.29) is 12.3 Å². The molecule has 0 aromatic heterocycles. The molecule has 100 valence electrons. The van der Waals surface area contributed by atoms with Crippen LogP contribution in [0.2, 0.25) is 0 Å². The van der Waals surface area contributed by atoms with Gasteiger partial charge in [-0.25, -0.2) is 0 Å². The van der Waals surface area contributed by atoms with E-state index in [0.29, 0.717) is 6.42 Å². The van der Waals surface area contributed by atoms with Gasteiger partial charge in [-0.15, -0.1) is 0 Å². The maximum absolute atomic E-state index is 11.0. The van der Waals surface area contributed by atoms with Gasteiger partial charge in [0.05, 0.1) is 6.26 Å². The molecule has 4 nitrogen and oxygen atoms in total. The molecule has 0 unspecified atom stereocenters. The van der Waals surface area contributed by atoms with Crippen molar-refractivity contribution < 1.29 is 19.0 Å². The van der Waals surface area contributed by atoms with Gasteiger partial charge in [-0.2, -0.15) is 0 Å². The topological polar surface area (TPSA) is 44.8 Å². The van der Waals surface area contributed by atoms with E-state index >= 15 is 0 Å². The Bertz CT molecular complexity index is 200. The number of ether oxygens (including phenoxy) is 3. The molecule has 0 heterocycles. The molecule has 0 aliphatic rings. The van der Waals surface area contributed by atoms with Crippen LogP contribution in [-0.2, 0) is 19.0 Å². The van der Waals surface area contributed by atoms with Gasteiger partial charge in [-0.3, -0.25) is 4.79 Å². The fourth-order valence-electron chi connectivity index (χ4n) is 1.59. The van der Waals surface area contributed by atoms with Gasteiger partial charge in [0.1, 0.15) is 0 Å². The molecule has 0 amide bonds. The summed E-state index contributed by atoms with van der Waals surface area (Å²) in [7, 11) is 3.30. The summed E-state index contributed by atoms with van der Waals surface area (Å²) in [6, 6.07) is 0. The molecule has 0 fully saturated rings. The molecule has 0 radical (unpaired) electrons. The van der Waals surface area contributed by atoms with Gasteiger partial charge in [-0.05, 0) is 19.3 Å². The molecule has 4 heteroatoms. The van der Waals surface area contributed by atoms with E-state index in [1.807, 2.05) is 0 Å². The molecule has 0 saturated carbocycles. The lowest BCUT2D eigenvalue weighted by Crippen LogP contribution is -2.12. The number of hydrogen-bond donors (Lipinski definition) is 0. The summed E-state index contributed by atoms with van der Waals surface area (Å²) in [5.74, 6) is -0.196. The average Bonchev–Trinajstić information content (AvgIpc) is 2.33. The highest BCUT2D eigenvalue weighted by molar-refractivity contribution is 5.69. The molecular weight excluding hydrogens is 220 g/mol. The third-order valence-electron chi connectivity index (χ3n) is 2.56. The van der Waals surface area contributed by atoms with Crippen LogP contribution in [0.25, 0.3) is 0 Å². The number of methoxy groups -OCH3 is 2. The molecule has 0 saturated heterocycles. The maximum atomic E-state index is 11.0. The fraction of sp³-hybridized carbons (Fsp3) is 0.769. The van der Waals surface area contributed by atoms with Crippen LogP contribution in [0, 0.1) is 0 Å². The summed E-state index contributed by atoms with van der Waals surface area (Å²) < 4.78 is 14.8. The zero-order valence-corrected chi connectivity index (χ0v) is 10.9. The van der Waals surface area contributed by atoms with E-state index < -0.39 is 0 Å². The van der Waals surface area contributed by atoms with Gasteiger partial charge >= 0.3 is 5.97 Å². The van der Waals surface area contributed by atoms with Crippen LogP contribution in [0.3, 0.4) is 0 Å². The van der Waals surface area contributed by atoms with Crippen molar-refractivity contribution in [1.29, 1.82) is 0 Å². The molecule has 0 bridgehead atoms. The van der Waals surface area contributed by atoms with Crippen LogP contribution >= 0.6 is 0 Å². The average molecular weight is 244 g/mol. The number of rotatable bonds is 11. The second-order valence-corrected chi connectivity index (χ2v) is 3.86. The minimum absolute atomic E-state index is 0.0856. The van der Waals surface area contributed by atoms with Crippen molar-refractivity contribution in [2.45, 2.75) is 51.2 Å². The van der Waals surface area contributed by atoms with Crippen molar-refractivity contribution in [3.63, 3.8) is 0 Å². The second kappa shape index (κ2) is 11.6. The molecule has 0 atom stereocenters. The molecule has 0 rings (SSSR count). The molecule has 0 aliphatic heterocycles. The van der Waals surface area contributed by atoms with Crippen molar-refractivity contribution in [3.05, 3.63) is 12.8 Å². The van der Waals surface area contributed by atoms with Crippen LogP contribution in [0.1, 0.15) is 44.9 Å². The molecule has 0 aliphatic carbocycles. The zero-order chi connectivity index (χ0) is 12.9. The minimum atomic E-state index is -0.196. The predicted molar refractivity (Wildman–Crippen MR) is 66.4 cm³/mol. The van der Waals surface area contributed by atoms with Gasteiger partial charge in [0.2, 0.25) is 0 Å². The normalized spacial score (nSPS) is 10.5. The van der Waals surface area contributed by atoms with Crippen LogP contribution < -0.4 is 0 Å². The van der Waals surface area contributed by atoms with Gasteiger partial charge < -0.3 is 14.2 Å². The molecular formula is C13H24O4. The van der Waals surface area contributed by atoms with E-state index in [1.54, 1.807) is 14.2 Å². The van der Waals surface area contributed by atoms with E-state index in [2.05, 4.69) is 11.3 Å². The first kappa shape index (κ1) is 16.1. The van der Waals surface area contributed by atoms with E-state index in [0.717, 1.165) is 38.5 Å². The van der Waals surface area contributed by atoms with E-state index in [1.165, 1.54) is 6.26 Å². The van der Waals surface area contributed by atoms with Crippen molar-refractivity contribution in [1.82, 2.24) is 0 Å². The van der Waals surface area contributed by atoms with E-state index in [9.17, 15) is 4.79 Å². The first-order valence-corrected chi connectivity index (χ1v) is 6.10.